The highest BCUT2D eigenvalue weighted by Crippen LogP contribution is 2.27. The molecule has 0 aliphatic heterocycles. The lowest BCUT2D eigenvalue weighted by atomic mass is 10.2. The van der Waals surface area contributed by atoms with Crippen LogP contribution in [-0.2, 0) is 11.3 Å². The number of alkyl halides is 2. The minimum atomic E-state index is -2.86. The van der Waals surface area contributed by atoms with Gasteiger partial charge in [-0.15, -0.1) is 0 Å². The minimum Gasteiger partial charge on any atom is -0.495 e. The zero-order valence-corrected chi connectivity index (χ0v) is 14.9. The highest BCUT2D eigenvalue weighted by molar-refractivity contribution is 6.30. The van der Waals surface area contributed by atoms with Crippen molar-refractivity contribution in [1.82, 2.24) is 5.32 Å². The van der Waals surface area contributed by atoms with Crippen LogP contribution in [0.15, 0.2) is 42.5 Å². The number of benzene rings is 2. The second-order valence-electron chi connectivity index (χ2n) is 5.32. The van der Waals surface area contributed by atoms with Crippen molar-refractivity contribution in [3.8, 4) is 11.5 Å². The zero-order valence-electron chi connectivity index (χ0n) is 14.1. The number of hydrogen-bond donors (Lipinski definition) is 2. The number of nitrogens with one attached hydrogen (secondary N) is 2. The predicted molar refractivity (Wildman–Crippen MR) is 96.0 cm³/mol. The normalized spacial score (nSPS) is 10.5. The van der Waals surface area contributed by atoms with E-state index in [1.807, 2.05) is 0 Å². The molecule has 0 radical (unpaired) electrons. The molecule has 26 heavy (non-hydrogen) atoms. The number of methoxy groups -OCH3 is 1. The van der Waals surface area contributed by atoms with E-state index >= 15 is 0 Å². The number of carbonyl (C=O) groups is 1. The quantitative estimate of drug-likeness (QED) is 0.684. The molecule has 0 atom stereocenters. The molecule has 0 saturated heterocycles. The first-order valence-electron chi connectivity index (χ1n) is 7.86. The van der Waals surface area contributed by atoms with Gasteiger partial charge < -0.3 is 20.1 Å². The molecule has 2 N–H and O–H groups in total. The van der Waals surface area contributed by atoms with Gasteiger partial charge in [0, 0.05) is 24.5 Å². The van der Waals surface area contributed by atoms with Crippen LogP contribution in [0, 0.1) is 0 Å². The number of amides is 1. The first-order valence-corrected chi connectivity index (χ1v) is 8.23. The van der Waals surface area contributed by atoms with Gasteiger partial charge in [0.2, 0.25) is 5.91 Å². The van der Waals surface area contributed by atoms with E-state index < -0.39 is 6.61 Å². The molecular formula is C18H19ClF2N2O3. The molecule has 2 rings (SSSR count). The smallest absolute Gasteiger partial charge is 0.387 e. The molecule has 0 aromatic heterocycles. The molecular weight excluding hydrogens is 366 g/mol. The molecule has 1 amide bonds. The first kappa shape index (κ1) is 19.8. The molecule has 0 aliphatic carbocycles. The van der Waals surface area contributed by atoms with Gasteiger partial charge in [-0.1, -0.05) is 23.7 Å². The van der Waals surface area contributed by atoms with E-state index in [1.54, 1.807) is 37.4 Å². The van der Waals surface area contributed by atoms with E-state index in [9.17, 15) is 13.6 Å². The number of carbonyl (C=O) groups excluding carboxylic acids is 1. The summed E-state index contributed by atoms with van der Waals surface area (Å²) in [6.45, 7) is -2.15. The summed E-state index contributed by atoms with van der Waals surface area (Å²) in [4.78, 5) is 11.9. The topological polar surface area (TPSA) is 59.6 Å². The van der Waals surface area contributed by atoms with Gasteiger partial charge in [0.25, 0.3) is 0 Å². The summed E-state index contributed by atoms with van der Waals surface area (Å²) in [7, 11) is 1.55. The van der Waals surface area contributed by atoms with Gasteiger partial charge in [-0.05, 0) is 35.9 Å². The fourth-order valence-corrected chi connectivity index (χ4v) is 2.38. The van der Waals surface area contributed by atoms with Crippen LogP contribution in [0.1, 0.15) is 12.0 Å². The summed E-state index contributed by atoms with van der Waals surface area (Å²) in [5, 5.41) is 6.43. The third kappa shape index (κ3) is 6.40. The van der Waals surface area contributed by atoms with Gasteiger partial charge in [0.15, 0.2) is 0 Å². The summed E-state index contributed by atoms with van der Waals surface area (Å²) in [5.41, 5.74) is 1.49. The van der Waals surface area contributed by atoms with E-state index in [0.29, 0.717) is 29.5 Å². The lowest BCUT2D eigenvalue weighted by Crippen LogP contribution is -2.24. The van der Waals surface area contributed by atoms with Crippen LogP contribution in [-0.4, -0.2) is 26.2 Å². The minimum absolute atomic E-state index is 0.0785. The van der Waals surface area contributed by atoms with Gasteiger partial charge in [-0.2, -0.15) is 8.78 Å². The van der Waals surface area contributed by atoms with Crippen LogP contribution in [0.25, 0.3) is 0 Å². The Kier molecular flexibility index (Phi) is 7.47. The van der Waals surface area contributed by atoms with E-state index in [4.69, 9.17) is 16.3 Å². The molecule has 0 bridgehead atoms. The second kappa shape index (κ2) is 9.82. The van der Waals surface area contributed by atoms with Gasteiger partial charge >= 0.3 is 6.61 Å². The highest BCUT2D eigenvalue weighted by atomic mass is 35.5. The lowest BCUT2D eigenvalue weighted by Gasteiger charge is -2.11. The third-order valence-corrected chi connectivity index (χ3v) is 3.70. The third-order valence-electron chi connectivity index (χ3n) is 3.47. The summed E-state index contributed by atoms with van der Waals surface area (Å²) < 4.78 is 33.7. The van der Waals surface area contributed by atoms with Gasteiger partial charge in [0.05, 0.1) is 12.8 Å². The standard InChI is InChI=1S/C18H19ClF2N2O3/c1-25-16-7-4-13(19)10-15(16)22-9-8-17(24)23-11-12-2-5-14(6-3-12)26-18(20)21/h2-7,10,18,22H,8-9,11H2,1H3,(H,23,24). The molecule has 8 heteroatoms. The van der Waals surface area contributed by atoms with Crippen molar-refractivity contribution < 1.29 is 23.0 Å². The van der Waals surface area contributed by atoms with E-state index in [-0.39, 0.29) is 18.1 Å². The summed E-state index contributed by atoms with van der Waals surface area (Å²) >= 11 is 5.95. The maximum Gasteiger partial charge on any atom is 0.387 e. The average molecular weight is 385 g/mol. The number of anilines is 1. The van der Waals surface area contributed by atoms with Crippen LogP contribution in [0.4, 0.5) is 14.5 Å². The Hall–Kier alpha value is -2.54. The van der Waals surface area contributed by atoms with E-state index in [1.165, 1.54) is 12.1 Å². The molecule has 0 saturated carbocycles. The Morgan fingerprint density at radius 3 is 2.58 bits per heavy atom. The Morgan fingerprint density at radius 2 is 1.92 bits per heavy atom. The molecule has 0 spiro atoms. The monoisotopic (exact) mass is 384 g/mol. The molecule has 2 aromatic carbocycles. The van der Waals surface area contributed by atoms with Crippen LogP contribution < -0.4 is 20.1 Å². The van der Waals surface area contributed by atoms with Gasteiger partial charge in [0.1, 0.15) is 11.5 Å². The number of hydrogen-bond acceptors (Lipinski definition) is 4. The number of rotatable bonds is 9. The van der Waals surface area contributed by atoms with Crippen molar-refractivity contribution in [2.45, 2.75) is 19.6 Å². The second-order valence-corrected chi connectivity index (χ2v) is 5.76. The SMILES string of the molecule is COc1ccc(Cl)cc1NCCC(=O)NCc1ccc(OC(F)F)cc1. The summed E-state index contributed by atoms with van der Waals surface area (Å²) in [5.74, 6) is 0.571. The fourth-order valence-electron chi connectivity index (χ4n) is 2.21. The van der Waals surface area contributed by atoms with E-state index in [2.05, 4.69) is 15.4 Å². The van der Waals surface area contributed by atoms with E-state index in [0.717, 1.165) is 5.56 Å². The zero-order chi connectivity index (χ0) is 18.9. The predicted octanol–water partition coefficient (Wildman–Crippen LogP) is 4.07. The maximum absolute atomic E-state index is 12.1. The molecule has 0 aliphatic rings. The molecule has 2 aromatic rings. The molecule has 0 heterocycles. The Morgan fingerprint density at radius 1 is 1.19 bits per heavy atom. The average Bonchev–Trinajstić information content (AvgIpc) is 2.61. The first-order chi connectivity index (χ1) is 12.5. The van der Waals surface area contributed by atoms with Crippen molar-refractivity contribution >= 4 is 23.2 Å². The molecule has 5 nitrogen and oxygen atoms in total. The van der Waals surface area contributed by atoms with Gasteiger partial charge in [-0.3, -0.25) is 4.79 Å². The molecule has 0 fully saturated rings. The molecule has 140 valence electrons. The van der Waals surface area contributed by atoms with Crippen LogP contribution in [0.3, 0.4) is 0 Å². The Balaban J connectivity index is 1.75. The van der Waals surface area contributed by atoms with Crippen LogP contribution in [0.5, 0.6) is 11.5 Å². The Bertz CT molecular complexity index is 727. The number of ether oxygens (including phenoxy) is 2. The molecule has 0 unspecified atom stereocenters. The van der Waals surface area contributed by atoms with Crippen molar-refractivity contribution in [2.75, 3.05) is 19.0 Å². The van der Waals surface area contributed by atoms with Gasteiger partial charge in [-0.25, -0.2) is 0 Å². The lowest BCUT2D eigenvalue weighted by molar-refractivity contribution is -0.121. The Labute approximate surface area is 155 Å². The van der Waals surface area contributed by atoms with Crippen molar-refractivity contribution in [2.24, 2.45) is 0 Å². The van der Waals surface area contributed by atoms with Crippen molar-refractivity contribution in [1.29, 1.82) is 0 Å². The summed E-state index contributed by atoms with van der Waals surface area (Å²) in [6.07, 6.45) is 0.252. The highest BCUT2D eigenvalue weighted by Gasteiger charge is 2.07. The fraction of sp³-hybridized carbons (Fsp3) is 0.278. The van der Waals surface area contributed by atoms with Crippen molar-refractivity contribution in [3.63, 3.8) is 0 Å². The van der Waals surface area contributed by atoms with Crippen molar-refractivity contribution in [3.05, 3.63) is 53.1 Å². The summed E-state index contributed by atoms with van der Waals surface area (Å²) in [6, 6.07) is 11.3. The number of halogens is 3. The van der Waals surface area contributed by atoms with Crippen LogP contribution >= 0.6 is 11.6 Å². The maximum atomic E-state index is 12.1. The van der Waals surface area contributed by atoms with Crippen LogP contribution in [0.2, 0.25) is 5.02 Å². The largest absolute Gasteiger partial charge is 0.495 e.